The Morgan fingerprint density at radius 1 is 1.21 bits per heavy atom. The number of nitrogens with two attached hydrogens (primary N) is 1. The molecule has 1 unspecified atom stereocenters. The quantitative estimate of drug-likeness (QED) is 0.532. The van der Waals surface area contributed by atoms with Gasteiger partial charge in [-0.15, -0.1) is 0 Å². The fourth-order valence-corrected chi connectivity index (χ4v) is 2.38. The van der Waals surface area contributed by atoms with Crippen molar-refractivity contribution < 1.29 is 0 Å². The van der Waals surface area contributed by atoms with Crippen molar-refractivity contribution in [3.8, 4) is 0 Å². The maximum Gasteiger partial charge on any atom is 0.0972 e. The summed E-state index contributed by atoms with van der Waals surface area (Å²) in [5.74, 6) is 1.57. The third-order valence-electron chi connectivity index (χ3n) is 3.75. The van der Waals surface area contributed by atoms with E-state index in [1.807, 2.05) is 0 Å². The molecule has 80 valence electrons. The van der Waals surface area contributed by atoms with E-state index >= 15 is 0 Å². The van der Waals surface area contributed by atoms with Crippen molar-refractivity contribution in [1.29, 1.82) is 0 Å². The lowest BCUT2D eigenvalue weighted by atomic mass is 9.73. The van der Waals surface area contributed by atoms with Crippen LogP contribution < -0.4 is 5.73 Å². The predicted octanol–water partition coefficient (Wildman–Crippen LogP) is 2.72. The summed E-state index contributed by atoms with van der Waals surface area (Å²) in [6.45, 7) is 4.67. The van der Waals surface area contributed by atoms with E-state index in [-0.39, 0.29) is 0 Å². The molecule has 1 atom stereocenters. The average Bonchev–Trinajstić information content (AvgIpc) is 2.91. The van der Waals surface area contributed by atoms with E-state index in [1.165, 1.54) is 38.5 Å². The molecule has 0 aromatic carbocycles. The molecule has 0 aromatic rings. The smallest absolute Gasteiger partial charge is 0.0972 e. The Hall–Kier alpha value is -0.530. The van der Waals surface area contributed by atoms with Crippen LogP contribution in [0.15, 0.2) is 4.99 Å². The largest absolute Gasteiger partial charge is 0.387 e. The summed E-state index contributed by atoms with van der Waals surface area (Å²) in [6, 6.07) is 0.483. The zero-order valence-corrected chi connectivity index (χ0v) is 9.42. The van der Waals surface area contributed by atoms with E-state index in [4.69, 9.17) is 10.7 Å². The molecule has 2 heteroatoms. The standard InChI is InChI=1S/C12H22N2/c1-12(2)8-4-3-5-10(12)14-11(13)9-6-7-9/h9-10H,3-8H2,1-2H3,(H2,13,14). The van der Waals surface area contributed by atoms with Gasteiger partial charge in [-0.1, -0.05) is 26.7 Å². The maximum atomic E-state index is 5.98. The Balaban J connectivity index is 2.03. The molecule has 0 heterocycles. The second kappa shape index (κ2) is 3.56. The molecule has 0 radical (unpaired) electrons. The molecule has 0 spiro atoms. The van der Waals surface area contributed by atoms with Gasteiger partial charge in [0.1, 0.15) is 0 Å². The Bertz CT molecular complexity index is 239. The lowest BCUT2D eigenvalue weighted by Crippen LogP contribution is -2.33. The third-order valence-corrected chi connectivity index (χ3v) is 3.75. The van der Waals surface area contributed by atoms with Crippen molar-refractivity contribution in [2.24, 2.45) is 22.1 Å². The first-order valence-corrected chi connectivity index (χ1v) is 5.93. The van der Waals surface area contributed by atoms with Crippen molar-refractivity contribution >= 4 is 5.84 Å². The fourth-order valence-electron chi connectivity index (χ4n) is 2.38. The summed E-state index contributed by atoms with van der Waals surface area (Å²) in [7, 11) is 0. The summed E-state index contributed by atoms with van der Waals surface area (Å²) in [5.41, 5.74) is 6.35. The van der Waals surface area contributed by atoms with Gasteiger partial charge in [0, 0.05) is 5.92 Å². The summed E-state index contributed by atoms with van der Waals surface area (Å²) >= 11 is 0. The van der Waals surface area contributed by atoms with Gasteiger partial charge in [0.15, 0.2) is 0 Å². The van der Waals surface area contributed by atoms with Gasteiger partial charge < -0.3 is 5.73 Å². The second-order valence-corrected chi connectivity index (χ2v) is 5.58. The zero-order chi connectivity index (χ0) is 10.2. The minimum absolute atomic E-state index is 0.373. The molecule has 2 fully saturated rings. The summed E-state index contributed by atoms with van der Waals surface area (Å²) in [6.07, 6.45) is 7.77. The molecule has 2 rings (SSSR count). The van der Waals surface area contributed by atoms with Crippen LogP contribution in [0.25, 0.3) is 0 Å². The van der Waals surface area contributed by atoms with E-state index in [2.05, 4.69) is 13.8 Å². The van der Waals surface area contributed by atoms with Crippen LogP contribution in [0.2, 0.25) is 0 Å². The summed E-state index contributed by atoms with van der Waals surface area (Å²) < 4.78 is 0. The molecule has 14 heavy (non-hydrogen) atoms. The Labute approximate surface area is 87.0 Å². The van der Waals surface area contributed by atoms with E-state index in [0.29, 0.717) is 17.4 Å². The first-order valence-electron chi connectivity index (χ1n) is 5.93. The Morgan fingerprint density at radius 2 is 1.93 bits per heavy atom. The van der Waals surface area contributed by atoms with Crippen LogP contribution in [0.3, 0.4) is 0 Å². The predicted molar refractivity (Wildman–Crippen MR) is 60.4 cm³/mol. The maximum absolute atomic E-state index is 5.98. The van der Waals surface area contributed by atoms with Crippen LogP contribution in [-0.2, 0) is 0 Å². The third kappa shape index (κ3) is 2.10. The van der Waals surface area contributed by atoms with Gasteiger partial charge in [-0.05, 0) is 31.1 Å². The molecule has 2 aliphatic carbocycles. The first-order chi connectivity index (χ1) is 6.59. The molecule has 2 N–H and O–H groups in total. The zero-order valence-electron chi connectivity index (χ0n) is 9.42. The van der Waals surface area contributed by atoms with Crippen molar-refractivity contribution in [2.45, 2.75) is 58.4 Å². The molecule has 0 saturated heterocycles. The van der Waals surface area contributed by atoms with Crippen LogP contribution in [0.5, 0.6) is 0 Å². The first kappa shape index (κ1) is 10.0. The fraction of sp³-hybridized carbons (Fsp3) is 0.917. The highest BCUT2D eigenvalue weighted by molar-refractivity contribution is 5.85. The Morgan fingerprint density at radius 3 is 2.50 bits per heavy atom. The molecular weight excluding hydrogens is 172 g/mol. The van der Waals surface area contributed by atoms with Gasteiger partial charge in [-0.2, -0.15) is 0 Å². The summed E-state index contributed by atoms with van der Waals surface area (Å²) in [4.78, 5) is 4.75. The molecule has 0 aromatic heterocycles. The molecule has 0 aliphatic heterocycles. The molecular formula is C12H22N2. The minimum atomic E-state index is 0.373. The van der Waals surface area contributed by atoms with E-state index < -0.39 is 0 Å². The van der Waals surface area contributed by atoms with Crippen molar-refractivity contribution in [1.82, 2.24) is 0 Å². The van der Waals surface area contributed by atoms with Gasteiger partial charge in [0.05, 0.1) is 11.9 Å². The van der Waals surface area contributed by atoms with E-state index in [9.17, 15) is 0 Å². The van der Waals surface area contributed by atoms with Gasteiger partial charge in [-0.3, -0.25) is 4.99 Å². The van der Waals surface area contributed by atoms with E-state index in [0.717, 1.165) is 5.84 Å². The molecule has 2 aliphatic rings. The topological polar surface area (TPSA) is 38.4 Å². The highest BCUT2D eigenvalue weighted by Gasteiger charge is 2.34. The number of amidine groups is 1. The van der Waals surface area contributed by atoms with Gasteiger partial charge in [-0.25, -0.2) is 0 Å². The second-order valence-electron chi connectivity index (χ2n) is 5.58. The molecule has 0 amide bonds. The Kier molecular flexibility index (Phi) is 2.54. The number of hydrogen-bond donors (Lipinski definition) is 1. The number of nitrogens with zero attached hydrogens (tertiary/aromatic N) is 1. The molecule has 0 bridgehead atoms. The highest BCUT2D eigenvalue weighted by Crippen LogP contribution is 2.38. The van der Waals surface area contributed by atoms with Crippen molar-refractivity contribution in [3.05, 3.63) is 0 Å². The SMILES string of the molecule is CC1(C)CCCCC1N=C(N)C1CC1. The highest BCUT2D eigenvalue weighted by atomic mass is 14.9. The van der Waals surface area contributed by atoms with E-state index in [1.54, 1.807) is 0 Å². The van der Waals surface area contributed by atoms with Crippen molar-refractivity contribution in [2.75, 3.05) is 0 Å². The normalized spacial score (nSPS) is 33.0. The van der Waals surface area contributed by atoms with Crippen LogP contribution >= 0.6 is 0 Å². The van der Waals surface area contributed by atoms with Gasteiger partial charge >= 0.3 is 0 Å². The number of hydrogen-bond acceptors (Lipinski definition) is 1. The van der Waals surface area contributed by atoms with Crippen LogP contribution in [0.4, 0.5) is 0 Å². The summed E-state index contributed by atoms with van der Waals surface area (Å²) in [5, 5.41) is 0. The lowest BCUT2D eigenvalue weighted by Gasteiger charge is -2.36. The monoisotopic (exact) mass is 194 g/mol. The van der Waals surface area contributed by atoms with Crippen LogP contribution in [0.1, 0.15) is 52.4 Å². The average molecular weight is 194 g/mol. The van der Waals surface area contributed by atoms with Crippen LogP contribution in [0, 0.1) is 11.3 Å². The minimum Gasteiger partial charge on any atom is -0.387 e. The molecule has 2 nitrogen and oxygen atoms in total. The van der Waals surface area contributed by atoms with Crippen molar-refractivity contribution in [3.63, 3.8) is 0 Å². The lowest BCUT2D eigenvalue weighted by molar-refractivity contribution is 0.203. The molecule has 2 saturated carbocycles. The van der Waals surface area contributed by atoms with Gasteiger partial charge in [0.25, 0.3) is 0 Å². The number of aliphatic imine (C=N–C) groups is 1. The van der Waals surface area contributed by atoms with Crippen LogP contribution in [-0.4, -0.2) is 11.9 Å². The van der Waals surface area contributed by atoms with Gasteiger partial charge in [0.2, 0.25) is 0 Å². The number of rotatable bonds is 2.